The maximum Gasteiger partial charge on any atom is 0.273 e. The Balaban J connectivity index is 2.01. The summed E-state index contributed by atoms with van der Waals surface area (Å²) >= 11 is 1.55. The molecule has 0 bridgehead atoms. The number of amides is 1. The average molecular weight is 308 g/mol. The molecule has 2 aromatic rings. The zero-order valence-corrected chi connectivity index (χ0v) is 13.1. The van der Waals surface area contributed by atoms with Crippen LogP contribution in [0.2, 0.25) is 0 Å². The first kappa shape index (κ1) is 15.7. The van der Waals surface area contributed by atoms with Crippen molar-refractivity contribution in [3.63, 3.8) is 0 Å². The molecule has 114 valence electrons. The van der Waals surface area contributed by atoms with Crippen LogP contribution in [0.1, 0.15) is 42.2 Å². The lowest BCUT2D eigenvalue weighted by molar-refractivity contribution is 0.0903. The molecular formula is C15H20N2O3S. The van der Waals surface area contributed by atoms with E-state index >= 15 is 0 Å². The van der Waals surface area contributed by atoms with Gasteiger partial charge in [0.25, 0.3) is 5.91 Å². The van der Waals surface area contributed by atoms with Crippen LogP contribution >= 0.6 is 11.3 Å². The fourth-order valence-electron chi connectivity index (χ4n) is 1.98. The van der Waals surface area contributed by atoms with E-state index < -0.39 is 0 Å². The van der Waals surface area contributed by atoms with Crippen molar-refractivity contribution < 1.29 is 14.4 Å². The summed E-state index contributed by atoms with van der Waals surface area (Å²) in [7, 11) is 0. The molecule has 0 fully saturated rings. The number of carbonyl (C=O) groups excluding carboxylic acids is 1. The van der Waals surface area contributed by atoms with Crippen molar-refractivity contribution >= 4 is 17.2 Å². The molecule has 2 rings (SSSR count). The number of aromatic nitrogens is 1. The van der Waals surface area contributed by atoms with Crippen LogP contribution in [0, 0.1) is 6.92 Å². The zero-order valence-electron chi connectivity index (χ0n) is 12.3. The van der Waals surface area contributed by atoms with Crippen LogP contribution in [-0.2, 0) is 0 Å². The highest BCUT2D eigenvalue weighted by Gasteiger charge is 2.17. The van der Waals surface area contributed by atoms with E-state index in [9.17, 15) is 9.90 Å². The Bertz CT molecular complexity index is 591. The number of nitrogens with zero attached hydrogens (tertiary/aromatic N) is 1. The summed E-state index contributed by atoms with van der Waals surface area (Å²) in [4.78, 5) is 13.0. The molecular weight excluding hydrogens is 288 g/mol. The minimum Gasteiger partial charge on any atom is -0.394 e. The van der Waals surface area contributed by atoms with E-state index in [4.69, 9.17) is 4.52 Å². The summed E-state index contributed by atoms with van der Waals surface area (Å²) in [5.74, 6) is 0.279. The SMILES string of the molecule is CCCC[C@H](CO)NC(=O)c1cc(-c2cc(C)cs2)on1. The van der Waals surface area contributed by atoms with E-state index in [0.717, 1.165) is 29.7 Å². The molecule has 0 unspecified atom stereocenters. The van der Waals surface area contributed by atoms with E-state index in [0.29, 0.717) is 5.76 Å². The summed E-state index contributed by atoms with van der Waals surface area (Å²) in [5, 5.41) is 17.9. The number of thiophene rings is 1. The first-order valence-corrected chi connectivity index (χ1v) is 7.96. The van der Waals surface area contributed by atoms with Crippen molar-refractivity contribution in [1.29, 1.82) is 0 Å². The monoisotopic (exact) mass is 308 g/mol. The fourth-order valence-corrected chi connectivity index (χ4v) is 2.82. The van der Waals surface area contributed by atoms with Gasteiger partial charge >= 0.3 is 0 Å². The number of carbonyl (C=O) groups is 1. The lowest BCUT2D eigenvalue weighted by Crippen LogP contribution is -2.37. The van der Waals surface area contributed by atoms with E-state index in [1.165, 1.54) is 0 Å². The lowest BCUT2D eigenvalue weighted by atomic mass is 10.1. The second-order valence-electron chi connectivity index (χ2n) is 5.06. The maximum atomic E-state index is 12.1. The first-order valence-electron chi connectivity index (χ1n) is 7.08. The Morgan fingerprint density at radius 1 is 1.52 bits per heavy atom. The van der Waals surface area contributed by atoms with Gasteiger partial charge in [-0.2, -0.15) is 0 Å². The van der Waals surface area contributed by atoms with E-state index in [2.05, 4.69) is 17.4 Å². The van der Waals surface area contributed by atoms with Gasteiger partial charge in [0.2, 0.25) is 0 Å². The second-order valence-corrected chi connectivity index (χ2v) is 5.97. The number of aliphatic hydroxyl groups excluding tert-OH is 1. The molecule has 0 spiro atoms. The quantitative estimate of drug-likeness (QED) is 0.824. The van der Waals surface area contributed by atoms with Gasteiger partial charge in [-0.3, -0.25) is 4.79 Å². The predicted molar refractivity (Wildman–Crippen MR) is 82.4 cm³/mol. The molecule has 0 saturated carbocycles. The highest BCUT2D eigenvalue weighted by atomic mass is 32.1. The third-order valence-electron chi connectivity index (χ3n) is 3.18. The summed E-state index contributed by atoms with van der Waals surface area (Å²) in [5.41, 5.74) is 1.39. The van der Waals surface area contributed by atoms with Gasteiger partial charge in [0.15, 0.2) is 11.5 Å². The van der Waals surface area contributed by atoms with Gasteiger partial charge in [-0.1, -0.05) is 24.9 Å². The van der Waals surface area contributed by atoms with Crippen molar-refractivity contribution in [1.82, 2.24) is 10.5 Å². The molecule has 1 atom stereocenters. The topological polar surface area (TPSA) is 75.4 Å². The van der Waals surface area contributed by atoms with Crippen LogP contribution < -0.4 is 5.32 Å². The number of hydrogen-bond acceptors (Lipinski definition) is 5. The van der Waals surface area contributed by atoms with E-state index in [1.54, 1.807) is 17.4 Å². The molecule has 0 radical (unpaired) electrons. The van der Waals surface area contributed by atoms with Gasteiger partial charge in [0.05, 0.1) is 17.5 Å². The van der Waals surface area contributed by atoms with E-state index in [1.807, 2.05) is 18.4 Å². The van der Waals surface area contributed by atoms with Crippen LogP contribution in [0.15, 0.2) is 22.0 Å². The Labute approximate surface area is 128 Å². The van der Waals surface area contributed by atoms with Crippen LogP contribution in [0.25, 0.3) is 10.6 Å². The van der Waals surface area contributed by atoms with Crippen LogP contribution in [0.5, 0.6) is 0 Å². The van der Waals surface area contributed by atoms with Crippen molar-refractivity contribution in [2.24, 2.45) is 0 Å². The molecule has 21 heavy (non-hydrogen) atoms. The highest BCUT2D eigenvalue weighted by Crippen LogP contribution is 2.27. The molecule has 1 amide bonds. The third kappa shape index (κ3) is 4.15. The van der Waals surface area contributed by atoms with Crippen LogP contribution in [0.3, 0.4) is 0 Å². The third-order valence-corrected chi connectivity index (χ3v) is 4.24. The minimum atomic E-state index is -0.312. The van der Waals surface area contributed by atoms with Crippen molar-refractivity contribution in [3.8, 4) is 10.6 Å². The van der Waals surface area contributed by atoms with Gasteiger partial charge in [0, 0.05) is 6.07 Å². The van der Waals surface area contributed by atoms with Gasteiger partial charge in [-0.15, -0.1) is 11.3 Å². The summed E-state index contributed by atoms with van der Waals surface area (Å²) in [6.45, 7) is 4.01. The lowest BCUT2D eigenvalue weighted by Gasteiger charge is -2.14. The molecule has 0 aliphatic carbocycles. The van der Waals surface area contributed by atoms with Gasteiger partial charge in [0.1, 0.15) is 0 Å². The molecule has 0 aliphatic rings. The molecule has 2 N–H and O–H groups in total. The zero-order chi connectivity index (χ0) is 15.2. The molecule has 0 saturated heterocycles. The predicted octanol–water partition coefficient (Wildman–Crippen LogP) is 2.99. The second kappa shape index (κ2) is 7.38. The number of hydrogen-bond donors (Lipinski definition) is 2. The van der Waals surface area contributed by atoms with Crippen LogP contribution in [-0.4, -0.2) is 28.8 Å². The normalized spacial score (nSPS) is 12.3. The van der Waals surface area contributed by atoms with Crippen LogP contribution in [0.4, 0.5) is 0 Å². The highest BCUT2D eigenvalue weighted by molar-refractivity contribution is 7.13. The molecule has 6 heteroatoms. The number of rotatable bonds is 7. The Hall–Kier alpha value is -1.66. The van der Waals surface area contributed by atoms with Crippen molar-refractivity contribution in [2.45, 2.75) is 39.2 Å². The number of nitrogens with one attached hydrogen (secondary N) is 1. The van der Waals surface area contributed by atoms with E-state index in [-0.39, 0.29) is 24.2 Å². The largest absolute Gasteiger partial charge is 0.394 e. The Morgan fingerprint density at radius 3 is 2.95 bits per heavy atom. The summed E-state index contributed by atoms with van der Waals surface area (Å²) in [6.07, 6.45) is 2.75. The number of aryl methyl sites for hydroxylation is 1. The Morgan fingerprint density at radius 2 is 2.33 bits per heavy atom. The van der Waals surface area contributed by atoms with Gasteiger partial charge in [-0.05, 0) is 30.4 Å². The number of unbranched alkanes of at least 4 members (excludes halogenated alkanes) is 1. The molecule has 0 aliphatic heterocycles. The Kier molecular flexibility index (Phi) is 5.52. The van der Waals surface area contributed by atoms with Crippen molar-refractivity contribution in [2.75, 3.05) is 6.61 Å². The first-order chi connectivity index (χ1) is 10.1. The molecule has 5 nitrogen and oxygen atoms in total. The summed E-state index contributed by atoms with van der Waals surface area (Å²) < 4.78 is 5.22. The maximum absolute atomic E-state index is 12.1. The molecule has 2 aromatic heterocycles. The average Bonchev–Trinajstić information content (AvgIpc) is 3.11. The minimum absolute atomic E-state index is 0.0689. The number of aliphatic hydroxyl groups is 1. The molecule has 2 heterocycles. The van der Waals surface area contributed by atoms with Gasteiger partial charge < -0.3 is 14.9 Å². The summed E-state index contributed by atoms with van der Waals surface area (Å²) in [6, 6.07) is 3.39. The molecule has 0 aromatic carbocycles. The van der Waals surface area contributed by atoms with Gasteiger partial charge in [-0.25, -0.2) is 0 Å². The fraction of sp³-hybridized carbons (Fsp3) is 0.467. The van der Waals surface area contributed by atoms with Crippen molar-refractivity contribution in [3.05, 3.63) is 28.8 Å². The smallest absolute Gasteiger partial charge is 0.273 e. The standard InChI is InChI=1S/C15H20N2O3S/c1-3-4-5-11(8-18)16-15(19)12-7-13(20-17-12)14-6-10(2)9-21-14/h6-7,9,11,18H,3-5,8H2,1-2H3,(H,16,19)/t11-/m1/s1.